The third-order valence-corrected chi connectivity index (χ3v) is 4.16. The molecule has 0 saturated heterocycles. The molecule has 2 rings (SSSR count). The number of benzene rings is 1. The zero-order valence-corrected chi connectivity index (χ0v) is 13.0. The van der Waals surface area contributed by atoms with Crippen LogP contribution < -0.4 is 0 Å². The number of nitrogens with zero attached hydrogens (tertiary/aromatic N) is 1. The summed E-state index contributed by atoms with van der Waals surface area (Å²) in [6.45, 7) is 2.38. The van der Waals surface area contributed by atoms with Crippen molar-refractivity contribution >= 4 is 21.8 Å². The van der Waals surface area contributed by atoms with Crippen LogP contribution in [0, 0.1) is 6.92 Å². The van der Waals surface area contributed by atoms with Gasteiger partial charge in [-0.05, 0) is 43.5 Å². The number of halogens is 1. The molecule has 0 atom stereocenters. The maximum atomic E-state index is 12.4. The summed E-state index contributed by atoms with van der Waals surface area (Å²) < 4.78 is 0.906. The molecule has 0 spiro atoms. The molecule has 1 amide bonds. The largest absolute Gasteiger partial charge is 0.388 e. The molecule has 1 aromatic rings. The van der Waals surface area contributed by atoms with E-state index in [1.165, 1.54) is 0 Å². The molecule has 1 aliphatic rings. The van der Waals surface area contributed by atoms with Crippen molar-refractivity contribution in [2.75, 3.05) is 13.6 Å². The van der Waals surface area contributed by atoms with Gasteiger partial charge in [-0.1, -0.05) is 28.8 Å². The van der Waals surface area contributed by atoms with E-state index in [2.05, 4.69) is 15.9 Å². The highest BCUT2D eigenvalue weighted by atomic mass is 79.9. The molecule has 3 nitrogen and oxygen atoms in total. The number of likely N-dealkylation sites (N-methyl/N-ethyl adjacent to an activating group) is 1. The minimum absolute atomic E-state index is 0.0373. The van der Waals surface area contributed by atoms with Crippen LogP contribution in [-0.4, -0.2) is 35.1 Å². The Balaban J connectivity index is 2.10. The Morgan fingerprint density at radius 1 is 1.37 bits per heavy atom. The second-order valence-electron chi connectivity index (χ2n) is 5.61. The minimum atomic E-state index is -0.689. The molecule has 0 bridgehead atoms. The monoisotopic (exact) mass is 325 g/mol. The second-order valence-corrected chi connectivity index (χ2v) is 6.53. The zero-order chi connectivity index (χ0) is 14.0. The molecule has 1 aromatic carbocycles. The molecule has 0 unspecified atom stereocenters. The Morgan fingerprint density at radius 2 is 2.00 bits per heavy atom. The molecule has 4 heteroatoms. The Bertz CT molecular complexity index is 461. The summed E-state index contributed by atoms with van der Waals surface area (Å²) in [4.78, 5) is 14.0. The van der Waals surface area contributed by atoms with Crippen LogP contribution in [0.15, 0.2) is 22.7 Å². The van der Waals surface area contributed by atoms with Crippen LogP contribution >= 0.6 is 15.9 Å². The van der Waals surface area contributed by atoms with Crippen molar-refractivity contribution < 1.29 is 9.90 Å². The van der Waals surface area contributed by atoms with Crippen molar-refractivity contribution in [3.8, 4) is 0 Å². The van der Waals surface area contributed by atoms with Gasteiger partial charge < -0.3 is 10.0 Å². The molecule has 0 heterocycles. The van der Waals surface area contributed by atoms with Gasteiger partial charge in [-0.2, -0.15) is 0 Å². The van der Waals surface area contributed by atoms with Crippen LogP contribution in [-0.2, 0) is 0 Å². The molecule has 1 aliphatic carbocycles. The fraction of sp³-hybridized carbons (Fsp3) is 0.533. The summed E-state index contributed by atoms with van der Waals surface area (Å²) in [5, 5.41) is 10.4. The summed E-state index contributed by atoms with van der Waals surface area (Å²) in [5.41, 5.74) is 1.02. The van der Waals surface area contributed by atoms with Crippen molar-refractivity contribution in [1.29, 1.82) is 0 Å². The number of hydrogen-bond acceptors (Lipinski definition) is 2. The zero-order valence-electron chi connectivity index (χ0n) is 11.4. The van der Waals surface area contributed by atoms with Crippen molar-refractivity contribution in [3.05, 3.63) is 33.8 Å². The van der Waals surface area contributed by atoms with Gasteiger partial charge in [0, 0.05) is 23.6 Å². The molecular weight excluding hydrogens is 306 g/mol. The van der Waals surface area contributed by atoms with E-state index in [1.807, 2.05) is 25.1 Å². The first-order valence-electron chi connectivity index (χ1n) is 6.65. The lowest BCUT2D eigenvalue weighted by Gasteiger charge is -2.28. The lowest BCUT2D eigenvalue weighted by Crippen LogP contribution is -2.42. The highest BCUT2D eigenvalue weighted by molar-refractivity contribution is 9.10. The highest BCUT2D eigenvalue weighted by Crippen LogP contribution is 2.30. The smallest absolute Gasteiger partial charge is 0.253 e. The quantitative estimate of drug-likeness (QED) is 0.927. The molecule has 0 aliphatic heterocycles. The van der Waals surface area contributed by atoms with Crippen molar-refractivity contribution in [1.82, 2.24) is 4.90 Å². The molecule has 0 radical (unpaired) electrons. The first kappa shape index (κ1) is 14.5. The van der Waals surface area contributed by atoms with Crippen LogP contribution in [0.4, 0.5) is 0 Å². The molecule has 1 saturated carbocycles. The summed E-state index contributed by atoms with van der Waals surface area (Å²) in [7, 11) is 1.76. The topological polar surface area (TPSA) is 40.5 Å². The van der Waals surface area contributed by atoms with Gasteiger partial charge in [-0.25, -0.2) is 0 Å². The predicted octanol–water partition coefficient (Wildman–Crippen LogP) is 3.13. The minimum Gasteiger partial charge on any atom is -0.388 e. The third-order valence-electron chi connectivity index (χ3n) is 3.70. The van der Waals surface area contributed by atoms with E-state index >= 15 is 0 Å². The molecule has 1 N–H and O–H groups in total. The number of aryl methyl sites for hydroxylation is 1. The van der Waals surface area contributed by atoms with Gasteiger partial charge in [0.15, 0.2) is 0 Å². The summed E-state index contributed by atoms with van der Waals surface area (Å²) in [6.07, 6.45) is 3.69. The Hall–Kier alpha value is -0.870. The number of amides is 1. The van der Waals surface area contributed by atoms with E-state index in [9.17, 15) is 9.90 Å². The van der Waals surface area contributed by atoms with E-state index in [4.69, 9.17) is 0 Å². The molecule has 19 heavy (non-hydrogen) atoms. The van der Waals surface area contributed by atoms with Crippen LogP contribution in [0.5, 0.6) is 0 Å². The van der Waals surface area contributed by atoms with Crippen LogP contribution in [0.1, 0.15) is 41.6 Å². The maximum absolute atomic E-state index is 12.4. The molecule has 0 aromatic heterocycles. The third kappa shape index (κ3) is 3.57. The normalized spacial score (nSPS) is 17.5. The number of aliphatic hydroxyl groups is 1. The first-order chi connectivity index (χ1) is 8.89. The predicted molar refractivity (Wildman–Crippen MR) is 79.3 cm³/mol. The summed E-state index contributed by atoms with van der Waals surface area (Å²) >= 11 is 3.41. The average molecular weight is 326 g/mol. The lowest BCUT2D eigenvalue weighted by atomic mass is 10.0. The van der Waals surface area contributed by atoms with E-state index in [-0.39, 0.29) is 5.91 Å². The van der Waals surface area contributed by atoms with Gasteiger partial charge >= 0.3 is 0 Å². The lowest BCUT2D eigenvalue weighted by molar-refractivity contribution is 0.0157. The Morgan fingerprint density at radius 3 is 2.58 bits per heavy atom. The van der Waals surface area contributed by atoms with Crippen LogP contribution in [0.2, 0.25) is 0 Å². The highest BCUT2D eigenvalue weighted by Gasteiger charge is 2.33. The molecule has 1 fully saturated rings. The summed E-state index contributed by atoms with van der Waals surface area (Å²) in [5.74, 6) is -0.0373. The van der Waals surface area contributed by atoms with Gasteiger partial charge in [0.05, 0.1) is 5.60 Å². The van der Waals surface area contributed by atoms with E-state index in [1.54, 1.807) is 11.9 Å². The molecular formula is C15H20BrNO2. The van der Waals surface area contributed by atoms with E-state index in [0.717, 1.165) is 35.7 Å². The maximum Gasteiger partial charge on any atom is 0.253 e. The first-order valence-corrected chi connectivity index (χ1v) is 7.44. The van der Waals surface area contributed by atoms with Crippen molar-refractivity contribution in [2.45, 2.75) is 38.2 Å². The van der Waals surface area contributed by atoms with Gasteiger partial charge in [0.25, 0.3) is 5.91 Å². The van der Waals surface area contributed by atoms with Gasteiger partial charge in [0.2, 0.25) is 0 Å². The Kier molecular flexibility index (Phi) is 4.31. The molecule has 104 valence electrons. The SMILES string of the molecule is Cc1cc(Br)cc(C(=O)N(C)CC2(O)CCCC2)c1. The van der Waals surface area contributed by atoms with Crippen molar-refractivity contribution in [3.63, 3.8) is 0 Å². The van der Waals surface area contributed by atoms with Crippen molar-refractivity contribution in [2.24, 2.45) is 0 Å². The second kappa shape index (κ2) is 5.63. The van der Waals surface area contributed by atoms with E-state index in [0.29, 0.717) is 12.1 Å². The summed E-state index contributed by atoms with van der Waals surface area (Å²) in [6, 6.07) is 5.67. The fourth-order valence-corrected chi connectivity index (χ4v) is 3.39. The van der Waals surface area contributed by atoms with Gasteiger partial charge in [-0.3, -0.25) is 4.79 Å². The number of carbonyl (C=O) groups is 1. The standard InChI is InChI=1S/C15H20BrNO2/c1-11-7-12(9-13(16)8-11)14(18)17(2)10-15(19)5-3-4-6-15/h7-9,19H,3-6,10H2,1-2H3. The Labute approximate surface area is 122 Å². The average Bonchev–Trinajstić information content (AvgIpc) is 2.73. The fourth-order valence-electron chi connectivity index (χ4n) is 2.78. The number of rotatable bonds is 3. The van der Waals surface area contributed by atoms with Crippen LogP contribution in [0.3, 0.4) is 0 Å². The van der Waals surface area contributed by atoms with E-state index < -0.39 is 5.60 Å². The van der Waals surface area contributed by atoms with Gasteiger partial charge in [0.1, 0.15) is 0 Å². The number of hydrogen-bond donors (Lipinski definition) is 1. The van der Waals surface area contributed by atoms with Crippen LogP contribution in [0.25, 0.3) is 0 Å². The van der Waals surface area contributed by atoms with Gasteiger partial charge in [-0.15, -0.1) is 0 Å². The number of carbonyl (C=O) groups excluding carboxylic acids is 1.